The Labute approximate surface area is 242 Å². The first-order valence-electron chi connectivity index (χ1n) is 14.3. The van der Waals surface area contributed by atoms with Crippen LogP contribution in [-0.4, -0.2) is 9.13 Å². The van der Waals surface area contributed by atoms with Gasteiger partial charge >= 0.3 is 0 Å². The van der Waals surface area contributed by atoms with Crippen LogP contribution in [0.25, 0.3) is 75.0 Å². The van der Waals surface area contributed by atoms with Crippen molar-refractivity contribution >= 4 is 75.0 Å². The summed E-state index contributed by atoms with van der Waals surface area (Å²) in [4.78, 5) is 0. The van der Waals surface area contributed by atoms with Gasteiger partial charge in [-0.3, -0.25) is 0 Å². The second kappa shape index (κ2) is 9.36. The molecule has 9 rings (SSSR count). The zero-order chi connectivity index (χ0) is 27.5. The van der Waals surface area contributed by atoms with Crippen LogP contribution in [0.4, 0.5) is 0 Å². The molecule has 0 aliphatic rings. The lowest BCUT2D eigenvalue weighted by atomic mass is 10.0. The summed E-state index contributed by atoms with van der Waals surface area (Å²) in [6.45, 7) is 4.00. The highest BCUT2D eigenvalue weighted by Crippen LogP contribution is 2.42. The van der Waals surface area contributed by atoms with E-state index in [0.29, 0.717) is 0 Å². The Hall–Kier alpha value is -4.86. The Balaban J connectivity index is 0.00000125. The molecule has 6 aromatic carbocycles. The number of hydrogen-bond donors (Lipinski definition) is 0. The van der Waals surface area contributed by atoms with E-state index in [0.717, 1.165) is 0 Å². The third-order valence-corrected chi connectivity index (χ3v) is 9.35. The number of hydrogen-bond acceptors (Lipinski definition) is 1. The number of fused-ring (bicyclic) bond motifs is 9. The van der Waals surface area contributed by atoms with Gasteiger partial charge in [0.1, 0.15) is 0 Å². The molecule has 2 nitrogen and oxygen atoms in total. The maximum Gasteiger partial charge on any atom is 0.0640 e. The molecule has 0 bridgehead atoms. The number of aromatic nitrogens is 2. The molecule has 0 radical (unpaired) electrons. The van der Waals surface area contributed by atoms with Crippen molar-refractivity contribution in [3.05, 3.63) is 134 Å². The monoisotopic (exact) mass is 544 g/mol. The summed E-state index contributed by atoms with van der Waals surface area (Å²) in [5.41, 5.74) is 6.13. The molecule has 0 spiro atoms. The standard InChI is InChI=1S/C36H22N2S.C2H6/c1-2-9-24(10-3-1)37-20-19-26-29-22-34-30(21-23(29)17-18-31(26)37)25-11-4-6-14-32(25)38(34)33-15-8-13-28-27-12-5-7-16-35(27)39-36(28)33;1-2/h1-22H;1-2H3. The molecule has 0 saturated carbocycles. The van der Waals surface area contributed by atoms with Crippen LogP contribution in [0.1, 0.15) is 13.8 Å². The summed E-state index contributed by atoms with van der Waals surface area (Å²) in [6, 6.07) is 46.5. The highest BCUT2D eigenvalue weighted by atomic mass is 32.1. The van der Waals surface area contributed by atoms with Crippen molar-refractivity contribution in [2.24, 2.45) is 0 Å². The molecule has 3 heteroatoms. The van der Waals surface area contributed by atoms with Crippen LogP contribution in [0, 0.1) is 0 Å². The van der Waals surface area contributed by atoms with Crippen LogP contribution in [0.15, 0.2) is 134 Å². The summed E-state index contributed by atoms with van der Waals surface area (Å²) in [6.07, 6.45) is 2.19. The lowest BCUT2D eigenvalue weighted by Crippen LogP contribution is -1.94. The van der Waals surface area contributed by atoms with Crippen molar-refractivity contribution in [1.82, 2.24) is 9.13 Å². The summed E-state index contributed by atoms with van der Waals surface area (Å²) in [7, 11) is 0. The van der Waals surface area contributed by atoms with Crippen LogP contribution in [0.2, 0.25) is 0 Å². The van der Waals surface area contributed by atoms with E-state index in [1.165, 1.54) is 75.0 Å². The lowest BCUT2D eigenvalue weighted by molar-refractivity contribution is 1.13. The molecule has 41 heavy (non-hydrogen) atoms. The Kier molecular flexibility index (Phi) is 5.48. The van der Waals surface area contributed by atoms with Gasteiger partial charge in [-0.1, -0.05) is 86.6 Å². The van der Waals surface area contributed by atoms with Crippen LogP contribution >= 0.6 is 11.3 Å². The Bertz CT molecular complexity index is 2390. The molecule has 0 aliphatic heterocycles. The molecule has 196 valence electrons. The molecule has 0 unspecified atom stereocenters. The second-order valence-corrected chi connectivity index (χ2v) is 11.3. The molecule has 9 aromatic rings. The zero-order valence-corrected chi connectivity index (χ0v) is 23.8. The van der Waals surface area contributed by atoms with Crippen LogP contribution in [0.3, 0.4) is 0 Å². The van der Waals surface area contributed by atoms with Gasteiger partial charge in [-0.15, -0.1) is 11.3 Å². The highest BCUT2D eigenvalue weighted by Gasteiger charge is 2.18. The van der Waals surface area contributed by atoms with Crippen LogP contribution in [0.5, 0.6) is 0 Å². The van der Waals surface area contributed by atoms with Gasteiger partial charge in [0.05, 0.1) is 26.9 Å². The maximum absolute atomic E-state index is 2.48. The van der Waals surface area contributed by atoms with Crippen LogP contribution in [-0.2, 0) is 0 Å². The fraction of sp³-hybridized carbons (Fsp3) is 0.0526. The van der Waals surface area contributed by atoms with Crippen molar-refractivity contribution in [3.63, 3.8) is 0 Å². The van der Waals surface area contributed by atoms with Gasteiger partial charge in [0.25, 0.3) is 0 Å². The normalized spacial score (nSPS) is 11.7. The molecular weight excluding hydrogens is 516 g/mol. The number of thiophene rings is 1. The average molecular weight is 545 g/mol. The van der Waals surface area contributed by atoms with E-state index in [-0.39, 0.29) is 0 Å². The van der Waals surface area contributed by atoms with Gasteiger partial charge < -0.3 is 9.13 Å². The fourth-order valence-electron chi connectivity index (χ4n) is 6.40. The molecule has 3 aromatic heterocycles. The van der Waals surface area contributed by atoms with Crippen molar-refractivity contribution in [2.75, 3.05) is 0 Å². The Morgan fingerprint density at radius 2 is 1.22 bits per heavy atom. The van der Waals surface area contributed by atoms with Gasteiger partial charge in [0, 0.05) is 43.5 Å². The molecule has 0 N–H and O–H groups in total. The smallest absolute Gasteiger partial charge is 0.0640 e. The number of para-hydroxylation sites is 2. The first kappa shape index (κ1) is 24.0. The van der Waals surface area contributed by atoms with Crippen molar-refractivity contribution in [3.8, 4) is 11.4 Å². The molecule has 0 fully saturated rings. The molecule has 3 heterocycles. The zero-order valence-electron chi connectivity index (χ0n) is 23.0. The van der Waals surface area contributed by atoms with E-state index in [1.807, 2.05) is 25.2 Å². The third kappa shape index (κ3) is 3.49. The molecule has 0 atom stereocenters. The third-order valence-electron chi connectivity index (χ3n) is 8.14. The van der Waals surface area contributed by atoms with Gasteiger partial charge in [0.2, 0.25) is 0 Å². The van der Waals surface area contributed by atoms with Gasteiger partial charge in [-0.2, -0.15) is 0 Å². The summed E-state index contributed by atoms with van der Waals surface area (Å²) >= 11 is 1.89. The second-order valence-electron chi connectivity index (χ2n) is 10.2. The van der Waals surface area contributed by atoms with Crippen molar-refractivity contribution < 1.29 is 0 Å². The van der Waals surface area contributed by atoms with Gasteiger partial charge in [-0.05, 0) is 65.4 Å². The summed E-state index contributed by atoms with van der Waals surface area (Å²) < 4.78 is 7.42. The predicted molar refractivity (Wildman–Crippen MR) is 179 cm³/mol. The molecule has 0 saturated heterocycles. The summed E-state index contributed by atoms with van der Waals surface area (Å²) in [5, 5.41) is 9.05. The van der Waals surface area contributed by atoms with Crippen molar-refractivity contribution in [1.29, 1.82) is 0 Å². The lowest BCUT2D eigenvalue weighted by Gasteiger charge is -2.11. The fourth-order valence-corrected chi connectivity index (χ4v) is 7.60. The quantitative estimate of drug-likeness (QED) is 0.205. The topological polar surface area (TPSA) is 9.86 Å². The minimum absolute atomic E-state index is 1.18. The maximum atomic E-state index is 2.48. The molecular formula is C38H28N2S. The predicted octanol–water partition coefficient (Wildman–Crippen LogP) is 11.3. The van der Waals surface area contributed by atoms with Crippen LogP contribution < -0.4 is 0 Å². The number of rotatable bonds is 2. The minimum Gasteiger partial charge on any atom is -0.317 e. The number of nitrogens with zero attached hydrogens (tertiary/aromatic N) is 2. The first-order chi connectivity index (χ1) is 20.3. The first-order valence-corrected chi connectivity index (χ1v) is 15.1. The van der Waals surface area contributed by atoms with E-state index >= 15 is 0 Å². The Morgan fingerprint density at radius 3 is 2.10 bits per heavy atom. The van der Waals surface area contributed by atoms with Gasteiger partial charge in [0.15, 0.2) is 0 Å². The number of benzene rings is 6. The van der Waals surface area contributed by atoms with Gasteiger partial charge in [-0.25, -0.2) is 0 Å². The van der Waals surface area contributed by atoms with E-state index in [1.54, 1.807) is 0 Å². The van der Waals surface area contributed by atoms with E-state index in [2.05, 4.69) is 143 Å². The van der Waals surface area contributed by atoms with E-state index in [9.17, 15) is 0 Å². The SMILES string of the molecule is CC.c1ccc(-n2ccc3c4cc5c(cc4ccc32)c2ccccc2n5-c2cccc3c2sc2ccccc23)cc1. The Morgan fingerprint density at radius 1 is 0.488 bits per heavy atom. The van der Waals surface area contributed by atoms with E-state index in [4.69, 9.17) is 0 Å². The largest absolute Gasteiger partial charge is 0.317 e. The average Bonchev–Trinajstić information content (AvgIpc) is 3.73. The minimum atomic E-state index is 1.18. The summed E-state index contributed by atoms with van der Waals surface area (Å²) in [5.74, 6) is 0. The molecule has 0 amide bonds. The molecule has 0 aliphatic carbocycles. The highest BCUT2D eigenvalue weighted by molar-refractivity contribution is 7.26. The van der Waals surface area contributed by atoms with Crippen molar-refractivity contribution in [2.45, 2.75) is 13.8 Å². The van der Waals surface area contributed by atoms with E-state index < -0.39 is 0 Å².